The minimum atomic E-state index is -0.966. The van der Waals surface area contributed by atoms with E-state index in [1.54, 1.807) is 52.0 Å². The van der Waals surface area contributed by atoms with Crippen LogP contribution in [0, 0.1) is 5.92 Å². The van der Waals surface area contributed by atoms with Gasteiger partial charge in [0, 0.05) is 11.5 Å². The topological polar surface area (TPSA) is 102 Å². The monoisotopic (exact) mass is 405 g/mol. The van der Waals surface area contributed by atoms with Gasteiger partial charge in [0.15, 0.2) is 11.9 Å². The number of carbonyl (C=O) groups is 3. The summed E-state index contributed by atoms with van der Waals surface area (Å²) in [7, 11) is 0. The van der Waals surface area contributed by atoms with Gasteiger partial charge >= 0.3 is 12.1 Å². The molecular weight excluding hydrogens is 374 g/mol. The number of Topliss-reactive ketones (excluding diaryl/α,β-unsaturated/α-hetero) is 1. The lowest BCUT2D eigenvalue weighted by Crippen LogP contribution is -2.41. The second-order valence-corrected chi connectivity index (χ2v) is 8.53. The Kier molecular flexibility index (Phi) is 7.65. The fraction of sp³-hybridized carbons (Fsp3) is 0.591. The predicted octanol–water partition coefficient (Wildman–Crippen LogP) is 4.19. The number of ether oxygens (including phenoxy) is 2. The van der Waals surface area contributed by atoms with Crippen LogP contribution in [0.4, 0.5) is 4.79 Å². The van der Waals surface area contributed by atoms with Crippen molar-refractivity contribution in [3.63, 3.8) is 0 Å². The fourth-order valence-electron chi connectivity index (χ4n) is 3.43. The van der Waals surface area contributed by atoms with Crippen LogP contribution in [0.2, 0.25) is 0 Å². The largest absolute Gasteiger partial charge is 0.478 e. The molecule has 2 rings (SSSR count). The number of nitrogens with one attached hydrogen (secondary N) is 1. The molecule has 0 aromatic heterocycles. The first kappa shape index (κ1) is 22.7. The third-order valence-electron chi connectivity index (χ3n) is 4.85. The van der Waals surface area contributed by atoms with Crippen LogP contribution < -0.4 is 10.1 Å². The van der Waals surface area contributed by atoms with E-state index in [1.807, 2.05) is 0 Å². The van der Waals surface area contributed by atoms with Gasteiger partial charge in [0.1, 0.15) is 11.4 Å². The Balaban J connectivity index is 1.98. The van der Waals surface area contributed by atoms with Crippen molar-refractivity contribution >= 4 is 17.8 Å². The molecule has 29 heavy (non-hydrogen) atoms. The van der Waals surface area contributed by atoms with Gasteiger partial charge in [0.2, 0.25) is 0 Å². The molecular formula is C22H31NO6. The first-order chi connectivity index (χ1) is 13.6. The standard InChI is InChI=1S/C22H31NO6/c1-14(23-21(27)29-22(2,3)4)18(24)15-10-12-17(13-11-15)28-19(20(25)26)16-8-6-5-7-9-16/h10-14,16,19H,5-9H2,1-4H3,(H,23,27)(H,25,26). The van der Waals surface area contributed by atoms with Gasteiger partial charge in [-0.1, -0.05) is 19.3 Å². The summed E-state index contributed by atoms with van der Waals surface area (Å²) in [6.45, 7) is 6.82. The Morgan fingerprint density at radius 3 is 2.17 bits per heavy atom. The molecule has 2 atom stereocenters. The minimum absolute atomic E-state index is 0.000564. The van der Waals surface area contributed by atoms with Crippen LogP contribution in [-0.4, -0.2) is 40.7 Å². The average Bonchev–Trinajstić information content (AvgIpc) is 2.64. The van der Waals surface area contributed by atoms with Gasteiger partial charge in [-0.15, -0.1) is 0 Å². The molecule has 0 heterocycles. The number of ketones is 1. The zero-order chi connectivity index (χ0) is 21.6. The first-order valence-corrected chi connectivity index (χ1v) is 10.1. The highest BCUT2D eigenvalue weighted by atomic mass is 16.6. The van der Waals surface area contributed by atoms with E-state index in [2.05, 4.69) is 5.32 Å². The highest BCUT2D eigenvalue weighted by Crippen LogP contribution is 2.29. The molecule has 0 bridgehead atoms. The summed E-state index contributed by atoms with van der Waals surface area (Å²) >= 11 is 0. The quantitative estimate of drug-likeness (QED) is 0.660. The zero-order valence-corrected chi connectivity index (χ0v) is 17.6. The van der Waals surface area contributed by atoms with Gasteiger partial charge in [0.05, 0.1) is 6.04 Å². The number of amides is 1. The molecule has 0 spiro atoms. The van der Waals surface area contributed by atoms with Crippen LogP contribution in [0.15, 0.2) is 24.3 Å². The highest BCUT2D eigenvalue weighted by molar-refractivity contribution is 6.01. The van der Waals surface area contributed by atoms with Crippen molar-refractivity contribution in [3.05, 3.63) is 29.8 Å². The lowest BCUT2D eigenvalue weighted by Gasteiger charge is -2.27. The Morgan fingerprint density at radius 1 is 1.07 bits per heavy atom. The Labute approximate surface area is 171 Å². The number of carboxylic acids is 1. The number of benzene rings is 1. The molecule has 7 heteroatoms. The van der Waals surface area contributed by atoms with Gasteiger partial charge in [-0.2, -0.15) is 0 Å². The van der Waals surface area contributed by atoms with E-state index in [-0.39, 0.29) is 11.7 Å². The summed E-state index contributed by atoms with van der Waals surface area (Å²) in [4.78, 5) is 36.0. The van der Waals surface area contributed by atoms with Crippen LogP contribution in [0.1, 0.15) is 70.2 Å². The van der Waals surface area contributed by atoms with Crippen molar-refractivity contribution in [2.45, 2.75) is 77.5 Å². The summed E-state index contributed by atoms with van der Waals surface area (Å²) in [6, 6.07) is 5.57. The fourth-order valence-corrected chi connectivity index (χ4v) is 3.43. The van der Waals surface area contributed by atoms with Crippen molar-refractivity contribution in [1.82, 2.24) is 5.32 Å². The normalized spacial score (nSPS) is 17.1. The first-order valence-electron chi connectivity index (χ1n) is 10.1. The Morgan fingerprint density at radius 2 is 1.66 bits per heavy atom. The van der Waals surface area contributed by atoms with E-state index in [9.17, 15) is 19.5 Å². The maximum absolute atomic E-state index is 12.5. The second kappa shape index (κ2) is 9.76. The van der Waals surface area contributed by atoms with Crippen molar-refractivity contribution in [1.29, 1.82) is 0 Å². The molecule has 0 aliphatic heterocycles. The van der Waals surface area contributed by atoms with E-state index >= 15 is 0 Å². The predicted molar refractivity (Wildman–Crippen MR) is 108 cm³/mol. The number of rotatable bonds is 7. The summed E-state index contributed by atoms with van der Waals surface area (Å²) in [5, 5.41) is 12.1. The third-order valence-corrected chi connectivity index (χ3v) is 4.85. The van der Waals surface area contributed by atoms with Crippen LogP contribution in [0.25, 0.3) is 0 Å². The number of hydrogen-bond acceptors (Lipinski definition) is 5. The van der Waals surface area contributed by atoms with E-state index in [0.717, 1.165) is 32.1 Å². The molecule has 1 saturated carbocycles. The molecule has 1 amide bonds. The second-order valence-electron chi connectivity index (χ2n) is 8.53. The number of alkyl carbamates (subject to hydrolysis) is 1. The smallest absolute Gasteiger partial charge is 0.408 e. The summed E-state index contributed by atoms with van der Waals surface area (Å²) in [5.74, 6) is -0.829. The van der Waals surface area contributed by atoms with Crippen LogP contribution in [-0.2, 0) is 9.53 Å². The lowest BCUT2D eigenvalue weighted by atomic mass is 9.85. The van der Waals surface area contributed by atoms with E-state index in [1.165, 1.54) is 0 Å². The van der Waals surface area contributed by atoms with E-state index in [4.69, 9.17) is 9.47 Å². The van der Waals surface area contributed by atoms with Crippen LogP contribution in [0.3, 0.4) is 0 Å². The van der Waals surface area contributed by atoms with Crippen molar-refractivity contribution in [3.8, 4) is 5.75 Å². The molecule has 7 nitrogen and oxygen atoms in total. The number of hydrogen-bond donors (Lipinski definition) is 2. The maximum Gasteiger partial charge on any atom is 0.408 e. The van der Waals surface area contributed by atoms with Crippen molar-refractivity contribution < 1.29 is 29.0 Å². The van der Waals surface area contributed by atoms with Crippen LogP contribution in [0.5, 0.6) is 5.75 Å². The molecule has 1 fully saturated rings. The number of aliphatic carboxylic acids is 1. The highest BCUT2D eigenvalue weighted by Gasteiger charge is 2.31. The third kappa shape index (κ3) is 7.07. The molecule has 1 aliphatic carbocycles. The molecule has 0 radical (unpaired) electrons. The van der Waals surface area contributed by atoms with Crippen molar-refractivity contribution in [2.24, 2.45) is 5.92 Å². The average molecular weight is 405 g/mol. The molecule has 1 aliphatic rings. The molecule has 2 N–H and O–H groups in total. The summed E-state index contributed by atoms with van der Waals surface area (Å²) in [5.41, 5.74) is -0.254. The molecule has 0 saturated heterocycles. The van der Waals surface area contributed by atoms with Gasteiger partial charge in [-0.3, -0.25) is 4.79 Å². The SMILES string of the molecule is CC(NC(=O)OC(C)(C)C)C(=O)c1ccc(OC(C(=O)O)C2CCCCC2)cc1. The minimum Gasteiger partial charge on any atom is -0.478 e. The maximum atomic E-state index is 12.5. The zero-order valence-electron chi connectivity index (χ0n) is 17.6. The molecule has 1 aromatic rings. The van der Waals surface area contributed by atoms with E-state index < -0.39 is 29.8 Å². The summed E-state index contributed by atoms with van der Waals surface area (Å²) in [6.07, 6.45) is 3.33. The summed E-state index contributed by atoms with van der Waals surface area (Å²) < 4.78 is 10.9. The molecule has 2 unspecified atom stereocenters. The van der Waals surface area contributed by atoms with Crippen LogP contribution >= 0.6 is 0 Å². The number of carboxylic acid groups (broad SMARTS) is 1. The number of carbonyl (C=O) groups excluding carboxylic acids is 2. The van der Waals surface area contributed by atoms with Gasteiger partial charge in [0.25, 0.3) is 0 Å². The van der Waals surface area contributed by atoms with Gasteiger partial charge < -0.3 is 19.9 Å². The van der Waals surface area contributed by atoms with Crippen molar-refractivity contribution in [2.75, 3.05) is 0 Å². The van der Waals surface area contributed by atoms with Gasteiger partial charge in [-0.25, -0.2) is 9.59 Å². The lowest BCUT2D eigenvalue weighted by molar-refractivity contribution is -0.148. The molecule has 160 valence electrons. The molecule has 1 aromatic carbocycles. The van der Waals surface area contributed by atoms with Gasteiger partial charge in [-0.05, 0) is 64.8 Å². The van der Waals surface area contributed by atoms with E-state index in [0.29, 0.717) is 11.3 Å². The Bertz CT molecular complexity index is 716. The Hall–Kier alpha value is -2.57.